The molecule has 1 aromatic rings. The lowest BCUT2D eigenvalue weighted by Gasteiger charge is -2.64. The number of carbonyl (C=O) groups excluding carboxylic acids is 2. The molecule has 2 amide bonds. The molecule has 0 aromatic heterocycles. The Kier molecular flexibility index (Phi) is 10.9. The van der Waals surface area contributed by atoms with Gasteiger partial charge in [0.1, 0.15) is 5.92 Å². The van der Waals surface area contributed by atoms with Crippen LogP contribution >= 0.6 is 0 Å². The zero-order valence-electron chi connectivity index (χ0n) is 30.7. The fourth-order valence-electron chi connectivity index (χ4n) is 9.44. The number of aliphatic hydroxyl groups is 1. The Morgan fingerprint density at radius 1 is 1.14 bits per heavy atom. The molecule has 3 aliphatic heterocycles. The molecule has 8 atom stereocenters. The highest BCUT2D eigenvalue weighted by atomic mass is 16.7. The number of benzene rings is 1. The van der Waals surface area contributed by atoms with Crippen molar-refractivity contribution in [1.82, 2.24) is 20.0 Å². The number of methoxy groups -OCH3 is 1. The van der Waals surface area contributed by atoms with Crippen LogP contribution in [0.3, 0.4) is 0 Å². The Balaban J connectivity index is 1.00. The van der Waals surface area contributed by atoms with Crippen LogP contribution in [0, 0.1) is 40.4 Å². The summed E-state index contributed by atoms with van der Waals surface area (Å²) >= 11 is 0. The Morgan fingerprint density at radius 3 is 2.52 bits per heavy atom. The summed E-state index contributed by atoms with van der Waals surface area (Å²) < 4.78 is 24.1. The smallest absolute Gasteiger partial charge is 0.449 e. The zero-order valence-corrected chi connectivity index (χ0v) is 30.7. The average molecular weight is 694 g/mol. The third-order valence-electron chi connectivity index (χ3n) is 12.8. The van der Waals surface area contributed by atoms with Crippen LogP contribution in [0.4, 0.5) is 4.79 Å². The zero-order chi connectivity index (χ0) is 35.8. The Hall–Kier alpha value is -2.73. The van der Waals surface area contributed by atoms with Crippen molar-refractivity contribution in [3.05, 3.63) is 35.9 Å². The fraction of sp³-hybridized carbons (Fsp3) is 0.757. The molecule has 3 saturated heterocycles. The first-order chi connectivity index (χ1) is 23.7. The van der Waals surface area contributed by atoms with E-state index in [9.17, 15) is 20.0 Å². The van der Waals surface area contributed by atoms with Gasteiger partial charge in [-0.05, 0) is 75.7 Å². The summed E-state index contributed by atoms with van der Waals surface area (Å²) in [4.78, 5) is 32.7. The number of nitrogens with zero attached hydrogens (tertiary/aromatic N) is 4. The maximum atomic E-state index is 13.5. The molecule has 0 spiro atoms. The molecular formula is C37H56BN5O7. The number of amides is 2. The number of carbonyl (C=O) groups is 2. The maximum Gasteiger partial charge on any atom is 0.482 e. The van der Waals surface area contributed by atoms with Gasteiger partial charge in [-0.2, -0.15) is 5.26 Å². The highest BCUT2D eigenvalue weighted by molar-refractivity contribution is 6.47. The van der Waals surface area contributed by atoms with Crippen LogP contribution in [-0.4, -0.2) is 122 Å². The van der Waals surface area contributed by atoms with E-state index in [1.165, 1.54) is 7.11 Å². The predicted molar refractivity (Wildman–Crippen MR) is 187 cm³/mol. The van der Waals surface area contributed by atoms with E-state index in [1.54, 1.807) is 4.90 Å². The van der Waals surface area contributed by atoms with E-state index < -0.39 is 31.5 Å². The molecular weight excluding hydrogens is 637 g/mol. The first-order valence-electron chi connectivity index (χ1n) is 18.4. The highest BCUT2D eigenvalue weighted by Gasteiger charge is 2.68. The van der Waals surface area contributed by atoms with Crippen LogP contribution in [0.25, 0.3) is 0 Å². The van der Waals surface area contributed by atoms with Crippen molar-refractivity contribution in [2.24, 2.45) is 29.1 Å². The van der Waals surface area contributed by atoms with Gasteiger partial charge >= 0.3 is 13.2 Å². The molecule has 0 radical (unpaired) electrons. The van der Waals surface area contributed by atoms with Crippen LogP contribution in [-0.2, 0) is 30.0 Å². The Labute approximate surface area is 297 Å². The second-order valence-corrected chi connectivity index (χ2v) is 16.6. The second-order valence-electron chi connectivity index (χ2n) is 16.6. The minimum Gasteiger partial charge on any atom is -0.449 e. The number of nitrogens with one attached hydrogen (secondary N) is 1. The summed E-state index contributed by atoms with van der Waals surface area (Å²) in [5.41, 5.74) is 0.523. The molecule has 1 aromatic carbocycles. The molecule has 3 heterocycles. The van der Waals surface area contributed by atoms with Gasteiger partial charge in [0.05, 0.1) is 30.3 Å². The van der Waals surface area contributed by atoms with Crippen LogP contribution in [0.1, 0.15) is 65.9 Å². The van der Waals surface area contributed by atoms with Crippen molar-refractivity contribution in [2.45, 2.75) is 96.3 Å². The molecule has 2 N–H and O–H groups in total. The maximum absolute atomic E-state index is 13.5. The number of ether oxygens (including phenoxy) is 2. The van der Waals surface area contributed by atoms with E-state index in [0.717, 1.165) is 18.4 Å². The highest BCUT2D eigenvalue weighted by Crippen LogP contribution is 2.65. The first-order valence-corrected chi connectivity index (χ1v) is 18.4. The molecule has 3 aliphatic carbocycles. The van der Waals surface area contributed by atoms with Gasteiger partial charge in [-0.25, -0.2) is 4.79 Å². The van der Waals surface area contributed by atoms with Crippen molar-refractivity contribution in [3.8, 4) is 6.07 Å². The van der Waals surface area contributed by atoms with Crippen molar-refractivity contribution < 1.29 is 33.5 Å². The number of hydrogen-bond donors (Lipinski definition) is 2. The van der Waals surface area contributed by atoms with E-state index in [4.69, 9.17) is 18.8 Å². The summed E-state index contributed by atoms with van der Waals surface area (Å²) in [6.07, 6.45) is 2.32. The van der Waals surface area contributed by atoms with Crippen molar-refractivity contribution in [1.29, 1.82) is 5.26 Å². The van der Waals surface area contributed by atoms with E-state index in [0.29, 0.717) is 70.4 Å². The summed E-state index contributed by atoms with van der Waals surface area (Å²) in [7, 11) is 0.894. The molecule has 7 rings (SSSR count). The Morgan fingerprint density at radius 2 is 1.86 bits per heavy atom. The summed E-state index contributed by atoms with van der Waals surface area (Å²) in [5.74, 6) is -0.343. The van der Waals surface area contributed by atoms with E-state index in [1.807, 2.05) is 35.2 Å². The number of aliphatic hydroxyl groups excluding tert-OH is 1. The van der Waals surface area contributed by atoms with E-state index in [-0.39, 0.29) is 41.1 Å². The fourth-order valence-corrected chi connectivity index (χ4v) is 9.44. The molecule has 6 fully saturated rings. The lowest BCUT2D eigenvalue weighted by molar-refractivity contribution is -0.199. The largest absolute Gasteiger partial charge is 0.482 e. The lowest BCUT2D eigenvalue weighted by Crippen LogP contribution is -2.65. The van der Waals surface area contributed by atoms with Gasteiger partial charge in [-0.3, -0.25) is 14.6 Å². The average Bonchev–Trinajstić information content (AvgIpc) is 3.73. The van der Waals surface area contributed by atoms with Gasteiger partial charge < -0.3 is 34.1 Å². The van der Waals surface area contributed by atoms with Gasteiger partial charge in [-0.1, -0.05) is 44.2 Å². The minimum absolute atomic E-state index is 0.00493. The van der Waals surface area contributed by atoms with E-state index >= 15 is 0 Å². The van der Waals surface area contributed by atoms with Crippen LogP contribution < -0.4 is 5.32 Å². The van der Waals surface area contributed by atoms with Crippen molar-refractivity contribution in [2.75, 3.05) is 53.0 Å². The first kappa shape index (κ1) is 37.0. The van der Waals surface area contributed by atoms with E-state index in [2.05, 4.69) is 50.9 Å². The van der Waals surface area contributed by atoms with Crippen LogP contribution in [0.5, 0.6) is 0 Å². The van der Waals surface area contributed by atoms with Gasteiger partial charge in [-0.15, -0.1) is 0 Å². The molecule has 50 heavy (non-hydrogen) atoms. The summed E-state index contributed by atoms with van der Waals surface area (Å²) in [5, 5.41) is 23.1. The van der Waals surface area contributed by atoms with Crippen molar-refractivity contribution >= 4 is 19.1 Å². The molecule has 3 saturated carbocycles. The van der Waals surface area contributed by atoms with Crippen LogP contribution in [0.15, 0.2) is 30.3 Å². The monoisotopic (exact) mass is 693 g/mol. The number of alkyl carbamates (subject to hydrolysis) is 1. The molecule has 6 aliphatic rings. The minimum atomic E-state index is -0.927. The topological polar surface area (TPSA) is 137 Å². The molecule has 12 nitrogen and oxygen atoms in total. The van der Waals surface area contributed by atoms with Gasteiger partial charge in [0.2, 0.25) is 12.3 Å². The molecule has 2 unspecified atom stereocenters. The Bertz CT molecular complexity index is 1400. The molecule has 13 heteroatoms. The standard InChI is InChI=1S/C37H56BN5O7/c1-35(2,43-16-14-41(15-17-43)34(46)47-6)21-27(22-39)32(44)42-13-12-26(23-42)24-48-33(45)40-31(18-25-10-8-7-9-11-25)38-49-30-20-28-19-29(36(28,3)4)37(30,5)50-38/h7-11,26-31,34,46H,12-21,23-24H2,1-6H3,(H,40,45)/t26-,27?,28-,29-,30+,31-,34?,37-/m0/s1. The third kappa shape index (κ3) is 7.43. The van der Waals surface area contributed by atoms with Crippen molar-refractivity contribution in [3.63, 3.8) is 0 Å². The predicted octanol–water partition coefficient (Wildman–Crippen LogP) is 3.29. The number of hydrogen-bond acceptors (Lipinski definition) is 10. The van der Waals surface area contributed by atoms with Gasteiger partial charge in [0, 0.05) is 57.8 Å². The normalized spacial score (nSPS) is 31.2. The number of nitriles is 1. The number of likely N-dealkylation sites (tertiary alicyclic amines) is 1. The summed E-state index contributed by atoms with van der Waals surface area (Å²) in [6.45, 7) is 14.8. The third-order valence-corrected chi connectivity index (χ3v) is 12.8. The SMILES string of the molecule is COC(O)N1CCN(C(C)(C)CC(C#N)C(=O)N2CC[C@H](COC(=O)N[C@@H](Cc3ccccc3)B3O[C@@H]4C[C@@H]5C[C@@H](C5(C)C)[C@]4(C)O3)C2)CC1. The quantitative estimate of drug-likeness (QED) is 0.248. The van der Waals surface area contributed by atoms with Gasteiger partial charge in [0.15, 0.2) is 0 Å². The van der Waals surface area contributed by atoms with Crippen LogP contribution in [0.2, 0.25) is 0 Å². The summed E-state index contributed by atoms with van der Waals surface area (Å²) in [6, 6.07) is 12.3. The lowest BCUT2D eigenvalue weighted by atomic mass is 9.43. The molecule has 2 bridgehead atoms. The second kappa shape index (κ2) is 14.7. The number of rotatable bonds is 12. The number of piperazine rings is 1. The molecule has 274 valence electrons. The van der Waals surface area contributed by atoms with Gasteiger partial charge in [0.25, 0.3) is 0 Å².